The summed E-state index contributed by atoms with van der Waals surface area (Å²) in [6.07, 6.45) is -7.99. The van der Waals surface area contributed by atoms with Gasteiger partial charge in [-0.3, -0.25) is 0 Å². The van der Waals surface area contributed by atoms with Crippen molar-refractivity contribution in [2.75, 3.05) is 6.54 Å². The van der Waals surface area contributed by atoms with Gasteiger partial charge >= 0.3 is 6.18 Å². The molecule has 0 saturated carbocycles. The highest BCUT2D eigenvalue weighted by molar-refractivity contribution is 5.28. The number of hydrogen-bond acceptors (Lipinski definition) is 3. The molecule has 0 spiro atoms. The fourth-order valence-corrected chi connectivity index (χ4v) is 1.54. The van der Waals surface area contributed by atoms with Crippen molar-refractivity contribution in [1.29, 1.82) is 0 Å². The summed E-state index contributed by atoms with van der Waals surface area (Å²) in [5.74, 6) is -1.27. The van der Waals surface area contributed by atoms with E-state index >= 15 is 0 Å². The fourth-order valence-electron chi connectivity index (χ4n) is 1.54. The van der Waals surface area contributed by atoms with Gasteiger partial charge in [-0.05, 0) is 24.1 Å². The highest BCUT2D eigenvalue weighted by Crippen LogP contribution is 2.32. The Labute approximate surface area is 111 Å². The topological polar surface area (TPSA) is 89.2 Å². The Kier molecular flexibility index (Phi) is 5.32. The Balaban J connectivity index is 2.88. The maximum Gasteiger partial charge on any atom is 0.416 e. The molecular weight excluding hydrogens is 282 g/mol. The Morgan fingerprint density at radius 3 is 2.45 bits per heavy atom. The zero-order chi connectivity index (χ0) is 15.3. The van der Waals surface area contributed by atoms with Crippen molar-refractivity contribution in [3.05, 3.63) is 45.6 Å². The third-order valence-electron chi connectivity index (χ3n) is 2.60. The summed E-state index contributed by atoms with van der Waals surface area (Å²) < 4.78 is 50.5. The predicted octanol–water partition coefficient (Wildman–Crippen LogP) is 2.94. The molecule has 0 amide bonds. The first-order valence-corrected chi connectivity index (χ1v) is 5.51. The van der Waals surface area contributed by atoms with Gasteiger partial charge in [0.05, 0.1) is 11.7 Å². The van der Waals surface area contributed by atoms with Crippen LogP contribution in [0.3, 0.4) is 0 Å². The van der Waals surface area contributed by atoms with Crippen molar-refractivity contribution in [3.63, 3.8) is 0 Å². The lowest BCUT2D eigenvalue weighted by Crippen LogP contribution is -2.20. The molecule has 0 heterocycles. The third kappa shape index (κ3) is 4.09. The smallest absolute Gasteiger partial charge is 0.390 e. The van der Waals surface area contributed by atoms with E-state index in [0.29, 0.717) is 6.07 Å². The fraction of sp³-hybridized carbons (Fsp3) is 0.455. The van der Waals surface area contributed by atoms with E-state index < -0.39 is 35.3 Å². The Hall–Kier alpha value is -1.83. The molecule has 0 aliphatic carbocycles. The second-order valence-corrected chi connectivity index (χ2v) is 3.99. The van der Waals surface area contributed by atoms with Crippen LogP contribution in [-0.2, 0) is 6.18 Å². The Bertz CT molecular complexity index is 515. The first-order chi connectivity index (χ1) is 9.27. The summed E-state index contributed by atoms with van der Waals surface area (Å²) in [6.45, 7) is -0.128. The van der Waals surface area contributed by atoms with Gasteiger partial charge in [0.25, 0.3) is 0 Å². The zero-order valence-corrected chi connectivity index (χ0v) is 10.0. The van der Waals surface area contributed by atoms with Crippen LogP contribution in [0.2, 0.25) is 0 Å². The predicted molar refractivity (Wildman–Crippen MR) is 61.0 cm³/mol. The van der Waals surface area contributed by atoms with E-state index in [1.54, 1.807) is 0 Å². The maximum absolute atomic E-state index is 13.5. The second-order valence-electron chi connectivity index (χ2n) is 3.99. The number of alkyl halides is 3. The van der Waals surface area contributed by atoms with Crippen LogP contribution in [0.15, 0.2) is 23.3 Å². The molecule has 110 valence electrons. The number of aliphatic hydroxyl groups excluding tert-OH is 2. The minimum Gasteiger partial charge on any atom is -0.390 e. The zero-order valence-electron chi connectivity index (χ0n) is 10.0. The van der Waals surface area contributed by atoms with Crippen LogP contribution < -0.4 is 0 Å². The van der Waals surface area contributed by atoms with Crippen LogP contribution >= 0.6 is 0 Å². The van der Waals surface area contributed by atoms with Crippen LogP contribution in [0, 0.1) is 5.82 Å². The Morgan fingerprint density at radius 1 is 1.30 bits per heavy atom. The maximum atomic E-state index is 13.5. The van der Waals surface area contributed by atoms with E-state index in [4.69, 9.17) is 5.53 Å². The number of nitrogens with zero attached hydrogens (tertiary/aromatic N) is 3. The van der Waals surface area contributed by atoms with Crippen molar-refractivity contribution in [2.24, 2.45) is 5.11 Å². The summed E-state index contributed by atoms with van der Waals surface area (Å²) in [4.78, 5) is 2.43. The van der Waals surface area contributed by atoms with E-state index in [-0.39, 0.29) is 19.0 Å². The van der Waals surface area contributed by atoms with Gasteiger partial charge in [-0.25, -0.2) is 4.39 Å². The van der Waals surface area contributed by atoms with Crippen molar-refractivity contribution >= 4 is 0 Å². The highest BCUT2D eigenvalue weighted by Gasteiger charge is 2.32. The molecule has 1 aromatic rings. The van der Waals surface area contributed by atoms with Crippen LogP contribution in [-0.4, -0.2) is 22.9 Å². The van der Waals surface area contributed by atoms with Crippen LogP contribution in [0.1, 0.15) is 23.7 Å². The van der Waals surface area contributed by atoms with Crippen LogP contribution in [0.5, 0.6) is 0 Å². The molecule has 0 bridgehead atoms. The molecule has 0 aliphatic heterocycles. The van der Waals surface area contributed by atoms with E-state index in [1.807, 2.05) is 0 Å². The van der Waals surface area contributed by atoms with Gasteiger partial charge in [0.1, 0.15) is 11.9 Å². The number of rotatable bonds is 5. The molecule has 2 atom stereocenters. The van der Waals surface area contributed by atoms with Crippen molar-refractivity contribution < 1.29 is 27.8 Å². The minimum absolute atomic E-state index is 0.128. The summed E-state index contributed by atoms with van der Waals surface area (Å²) in [6, 6.07) is 1.63. The largest absolute Gasteiger partial charge is 0.416 e. The minimum atomic E-state index is -4.69. The Morgan fingerprint density at radius 2 is 1.95 bits per heavy atom. The van der Waals surface area contributed by atoms with E-state index in [2.05, 4.69) is 10.0 Å². The van der Waals surface area contributed by atoms with Gasteiger partial charge in [0.15, 0.2) is 0 Å². The van der Waals surface area contributed by atoms with Crippen molar-refractivity contribution in [1.82, 2.24) is 0 Å². The summed E-state index contributed by atoms with van der Waals surface area (Å²) in [5.41, 5.74) is 6.40. The lowest BCUT2D eigenvalue weighted by molar-refractivity contribution is -0.137. The number of halogens is 4. The van der Waals surface area contributed by atoms with E-state index in [0.717, 1.165) is 6.07 Å². The summed E-state index contributed by atoms with van der Waals surface area (Å²) >= 11 is 0. The lowest BCUT2D eigenvalue weighted by atomic mass is 10.00. The molecule has 0 radical (unpaired) electrons. The quantitative estimate of drug-likeness (QED) is 0.378. The van der Waals surface area contributed by atoms with E-state index in [9.17, 15) is 27.8 Å². The van der Waals surface area contributed by atoms with Gasteiger partial charge in [-0.1, -0.05) is 11.2 Å². The SMILES string of the molecule is [N-]=[N+]=NCCC(O)C(O)c1ccc(C(F)(F)F)cc1F. The van der Waals surface area contributed by atoms with Gasteiger partial charge in [-0.2, -0.15) is 13.2 Å². The number of hydrogen-bond donors (Lipinski definition) is 2. The van der Waals surface area contributed by atoms with Gasteiger partial charge < -0.3 is 10.2 Å². The summed E-state index contributed by atoms with van der Waals surface area (Å²) in [7, 11) is 0. The number of benzene rings is 1. The molecule has 1 aromatic carbocycles. The summed E-state index contributed by atoms with van der Waals surface area (Å²) in [5, 5.41) is 22.3. The van der Waals surface area contributed by atoms with Crippen LogP contribution in [0.25, 0.3) is 10.4 Å². The standard InChI is InChI=1S/C11H11F4N3O2/c12-8-5-6(11(13,14)15)1-2-7(8)10(20)9(19)3-4-17-18-16/h1-2,5,9-10,19-20H,3-4H2. The normalized spacial score (nSPS) is 14.5. The van der Waals surface area contributed by atoms with Crippen molar-refractivity contribution in [2.45, 2.75) is 24.8 Å². The average Bonchev–Trinajstić information content (AvgIpc) is 2.37. The van der Waals surface area contributed by atoms with Gasteiger partial charge in [0, 0.05) is 17.0 Å². The molecule has 0 fully saturated rings. The van der Waals surface area contributed by atoms with Gasteiger partial charge in [-0.15, -0.1) is 0 Å². The monoisotopic (exact) mass is 293 g/mol. The molecule has 0 aromatic heterocycles. The number of azide groups is 1. The first kappa shape index (κ1) is 16.2. The molecule has 9 heteroatoms. The molecule has 1 rings (SSSR count). The third-order valence-corrected chi connectivity index (χ3v) is 2.60. The van der Waals surface area contributed by atoms with E-state index in [1.165, 1.54) is 0 Å². The second kappa shape index (κ2) is 6.56. The molecule has 5 nitrogen and oxygen atoms in total. The number of aliphatic hydroxyl groups is 2. The molecule has 2 N–H and O–H groups in total. The van der Waals surface area contributed by atoms with Crippen molar-refractivity contribution in [3.8, 4) is 0 Å². The lowest BCUT2D eigenvalue weighted by Gasteiger charge is -2.18. The molecular formula is C11H11F4N3O2. The average molecular weight is 293 g/mol. The highest BCUT2D eigenvalue weighted by atomic mass is 19.4. The van der Waals surface area contributed by atoms with Gasteiger partial charge in [0.2, 0.25) is 0 Å². The molecule has 2 unspecified atom stereocenters. The molecule has 20 heavy (non-hydrogen) atoms. The molecule has 0 aliphatic rings. The first-order valence-electron chi connectivity index (χ1n) is 5.51. The molecule has 0 saturated heterocycles. The van der Waals surface area contributed by atoms with Crippen LogP contribution in [0.4, 0.5) is 17.6 Å².